The molecule has 0 radical (unpaired) electrons. The number of nitrogens with zero attached hydrogens (tertiary/aromatic N) is 2. The number of esters is 1. The van der Waals surface area contributed by atoms with Crippen molar-refractivity contribution in [3.63, 3.8) is 0 Å². The predicted octanol–water partition coefficient (Wildman–Crippen LogP) is 5.13. The van der Waals surface area contributed by atoms with Gasteiger partial charge in [0.25, 0.3) is 5.69 Å². The number of benzene rings is 2. The Morgan fingerprint density at radius 2 is 1.94 bits per heavy atom. The van der Waals surface area contributed by atoms with Gasteiger partial charge in [-0.15, -0.1) is 0 Å². The maximum atomic E-state index is 14.5. The predicted molar refractivity (Wildman–Crippen MR) is 130 cm³/mol. The minimum atomic E-state index is -1.01. The van der Waals surface area contributed by atoms with E-state index < -0.39 is 28.7 Å². The molecule has 3 aromatic rings. The number of para-hydroxylation sites is 1. The highest BCUT2D eigenvalue weighted by Crippen LogP contribution is 2.28. The number of carbonyl (C=O) groups is 2. The quantitative estimate of drug-likeness (QED) is 0.180. The van der Waals surface area contributed by atoms with E-state index >= 15 is 0 Å². The van der Waals surface area contributed by atoms with Gasteiger partial charge in [0.15, 0.2) is 11.6 Å². The highest BCUT2D eigenvalue weighted by Gasteiger charge is 2.26. The maximum Gasteiger partial charge on any atom is 0.308 e. The molecule has 186 valence electrons. The van der Waals surface area contributed by atoms with Crippen LogP contribution in [0.4, 0.5) is 10.1 Å². The molecule has 0 fully saturated rings. The summed E-state index contributed by atoms with van der Waals surface area (Å²) in [5.41, 5.74) is 0.297. The van der Waals surface area contributed by atoms with Gasteiger partial charge in [0, 0.05) is 18.3 Å². The number of nitro groups is 1. The Hall–Kier alpha value is -4.60. The third-order valence-electron chi connectivity index (χ3n) is 4.81. The molecule has 0 aliphatic carbocycles. The second-order valence-corrected chi connectivity index (χ2v) is 7.93. The lowest BCUT2D eigenvalue weighted by Gasteiger charge is -2.18. The summed E-state index contributed by atoms with van der Waals surface area (Å²) in [6, 6.07) is 12.2. The minimum absolute atomic E-state index is 0.00952. The van der Waals surface area contributed by atoms with Crippen molar-refractivity contribution in [3.05, 3.63) is 100 Å². The van der Waals surface area contributed by atoms with Crippen molar-refractivity contribution >= 4 is 23.6 Å². The largest absolute Gasteiger partial charge is 0.463 e. The van der Waals surface area contributed by atoms with E-state index in [4.69, 9.17) is 9.47 Å². The summed E-state index contributed by atoms with van der Waals surface area (Å²) in [4.78, 5) is 39.7. The molecule has 1 N–H and O–H groups in total. The monoisotopic (exact) mass is 493 g/mol. The topological polar surface area (TPSA) is 121 Å². The van der Waals surface area contributed by atoms with Gasteiger partial charge in [-0.05, 0) is 49.8 Å². The van der Waals surface area contributed by atoms with Gasteiger partial charge in [-0.2, -0.15) is 0 Å². The molecule has 0 saturated heterocycles. The van der Waals surface area contributed by atoms with Crippen molar-refractivity contribution in [2.24, 2.45) is 0 Å². The smallest absolute Gasteiger partial charge is 0.308 e. The molecule has 10 heteroatoms. The molecular formula is C26H24FN3O6. The lowest BCUT2D eigenvalue weighted by atomic mass is 10.0. The van der Waals surface area contributed by atoms with Gasteiger partial charge in [-0.25, -0.2) is 4.39 Å². The Kier molecular flexibility index (Phi) is 8.82. The zero-order valence-corrected chi connectivity index (χ0v) is 19.6. The number of hydrogen-bond donors (Lipinski definition) is 1. The Balaban J connectivity index is 1.75. The van der Waals surface area contributed by atoms with Crippen molar-refractivity contribution in [1.82, 2.24) is 10.3 Å². The normalized spacial score (nSPS) is 11.8. The van der Waals surface area contributed by atoms with Crippen molar-refractivity contribution in [2.75, 3.05) is 0 Å². The van der Waals surface area contributed by atoms with Crippen LogP contribution in [0.3, 0.4) is 0 Å². The molecule has 0 bridgehead atoms. The van der Waals surface area contributed by atoms with Crippen LogP contribution >= 0.6 is 0 Å². The lowest BCUT2D eigenvalue weighted by molar-refractivity contribution is -0.385. The Morgan fingerprint density at radius 3 is 2.61 bits per heavy atom. The number of amides is 1. The molecule has 3 rings (SSSR count). The molecule has 0 saturated carbocycles. The molecule has 0 aliphatic rings. The molecule has 1 atom stereocenters. The number of nitro benzene ring substituents is 1. The molecule has 1 aromatic heterocycles. The highest BCUT2D eigenvalue weighted by atomic mass is 19.1. The van der Waals surface area contributed by atoms with E-state index in [1.807, 2.05) is 0 Å². The maximum absolute atomic E-state index is 14.5. The SMILES string of the molecule is CC(C)OC(=O)CC(NC(=O)/C=C/c1ccc(Oc2cccnc2)c(F)c1)c1ccccc1[N+](=O)[O-]. The van der Waals surface area contributed by atoms with Crippen molar-refractivity contribution < 1.29 is 28.4 Å². The fourth-order valence-electron chi connectivity index (χ4n) is 3.29. The third-order valence-corrected chi connectivity index (χ3v) is 4.81. The number of nitrogens with one attached hydrogen (secondary N) is 1. The number of ether oxygens (including phenoxy) is 2. The molecular weight excluding hydrogens is 469 g/mol. The Bertz CT molecular complexity index is 1260. The summed E-state index contributed by atoms with van der Waals surface area (Å²) in [7, 11) is 0. The van der Waals surface area contributed by atoms with Gasteiger partial charge in [-0.3, -0.25) is 24.7 Å². The fraction of sp³-hybridized carbons (Fsp3) is 0.192. The summed E-state index contributed by atoms with van der Waals surface area (Å²) >= 11 is 0. The number of aromatic nitrogens is 1. The van der Waals surface area contributed by atoms with Crippen LogP contribution in [0.15, 0.2) is 73.1 Å². The van der Waals surface area contributed by atoms with Crippen molar-refractivity contribution in [2.45, 2.75) is 32.4 Å². The summed E-state index contributed by atoms with van der Waals surface area (Å²) in [6.45, 7) is 3.34. The van der Waals surface area contributed by atoms with Crippen LogP contribution in [0.25, 0.3) is 6.08 Å². The number of pyridine rings is 1. The summed E-state index contributed by atoms with van der Waals surface area (Å²) in [5.74, 6) is -1.54. The van der Waals surface area contributed by atoms with Gasteiger partial charge in [0.05, 0.1) is 35.3 Å². The first-order chi connectivity index (χ1) is 17.2. The Labute approximate surface area is 206 Å². The first kappa shape index (κ1) is 26.0. The zero-order chi connectivity index (χ0) is 26.1. The minimum Gasteiger partial charge on any atom is -0.463 e. The zero-order valence-electron chi connectivity index (χ0n) is 19.6. The van der Waals surface area contributed by atoms with E-state index in [9.17, 15) is 24.1 Å². The average Bonchev–Trinajstić information content (AvgIpc) is 2.84. The van der Waals surface area contributed by atoms with Crippen LogP contribution in [0, 0.1) is 15.9 Å². The third kappa shape index (κ3) is 7.45. The molecule has 1 unspecified atom stereocenters. The van der Waals surface area contributed by atoms with E-state index in [1.54, 1.807) is 44.3 Å². The summed E-state index contributed by atoms with van der Waals surface area (Å²) in [5, 5.41) is 14.1. The van der Waals surface area contributed by atoms with Crippen LogP contribution in [-0.2, 0) is 14.3 Å². The molecule has 2 aromatic carbocycles. The lowest BCUT2D eigenvalue weighted by Crippen LogP contribution is -2.30. The first-order valence-electron chi connectivity index (χ1n) is 11.0. The van der Waals surface area contributed by atoms with E-state index in [0.29, 0.717) is 11.3 Å². The van der Waals surface area contributed by atoms with Gasteiger partial charge >= 0.3 is 5.97 Å². The van der Waals surface area contributed by atoms with Crippen molar-refractivity contribution in [3.8, 4) is 11.5 Å². The van der Waals surface area contributed by atoms with Crippen LogP contribution in [0.5, 0.6) is 11.5 Å². The first-order valence-corrected chi connectivity index (χ1v) is 11.0. The van der Waals surface area contributed by atoms with E-state index in [1.165, 1.54) is 42.6 Å². The molecule has 9 nitrogen and oxygen atoms in total. The van der Waals surface area contributed by atoms with Gasteiger partial charge in [-0.1, -0.05) is 24.3 Å². The van der Waals surface area contributed by atoms with Crippen LogP contribution in [0.1, 0.15) is 37.4 Å². The number of halogens is 1. The van der Waals surface area contributed by atoms with E-state index in [-0.39, 0.29) is 29.5 Å². The molecule has 0 aliphatic heterocycles. The fourth-order valence-corrected chi connectivity index (χ4v) is 3.29. The van der Waals surface area contributed by atoms with Crippen molar-refractivity contribution in [1.29, 1.82) is 0 Å². The van der Waals surface area contributed by atoms with E-state index in [0.717, 1.165) is 6.08 Å². The molecule has 1 amide bonds. The number of carbonyl (C=O) groups excluding carboxylic acids is 2. The summed E-state index contributed by atoms with van der Waals surface area (Å²) in [6.07, 6.45) is 4.83. The highest BCUT2D eigenvalue weighted by molar-refractivity contribution is 5.92. The van der Waals surface area contributed by atoms with Crippen LogP contribution < -0.4 is 10.1 Å². The summed E-state index contributed by atoms with van der Waals surface area (Å²) < 4.78 is 25.1. The number of hydrogen-bond acceptors (Lipinski definition) is 7. The average molecular weight is 493 g/mol. The Morgan fingerprint density at radius 1 is 1.17 bits per heavy atom. The molecule has 0 spiro atoms. The second kappa shape index (κ2) is 12.2. The molecule has 1 heterocycles. The van der Waals surface area contributed by atoms with Gasteiger partial charge < -0.3 is 14.8 Å². The van der Waals surface area contributed by atoms with Gasteiger partial charge in [0.2, 0.25) is 5.91 Å². The van der Waals surface area contributed by atoms with E-state index in [2.05, 4.69) is 10.3 Å². The van der Waals surface area contributed by atoms with Gasteiger partial charge in [0.1, 0.15) is 5.75 Å². The van der Waals surface area contributed by atoms with Crippen LogP contribution in [-0.4, -0.2) is 27.9 Å². The second-order valence-electron chi connectivity index (χ2n) is 7.93. The van der Waals surface area contributed by atoms with Crippen LogP contribution in [0.2, 0.25) is 0 Å². The number of rotatable bonds is 10. The molecule has 36 heavy (non-hydrogen) atoms. The standard InChI is InChI=1S/C26H24FN3O6/c1-17(2)35-26(32)15-22(20-7-3-4-8-23(20)30(33)34)29-25(31)12-10-18-9-11-24(21(27)14-18)36-19-6-5-13-28-16-19/h3-14,16-17,22H,15H2,1-2H3,(H,29,31)/b12-10+.